The van der Waals surface area contributed by atoms with Gasteiger partial charge in [0.25, 0.3) is 0 Å². The fourth-order valence-electron chi connectivity index (χ4n) is 2.14. The molecule has 0 amide bonds. The van der Waals surface area contributed by atoms with E-state index in [1.807, 2.05) is 6.20 Å². The van der Waals surface area contributed by atoms with Crippen molar-refractivity contribution in [1.82, 2.24) is 4.98 Å². The number of hydrogen-bond donors (Lipinski definition) is 0. The van der Waals surface area contributed by atoms with Gasteiger partial charge in [-0.25, -0.2) is 0 Å². The highest BCUT2D eigenvalue weighted by Crippen LogP contribution is 2.45. The molecule has 13 heavy (non-hydrogen) atoms. The topological polar surface area (TPSA) is 12.9 Å². The molecule has 0 aromatic carbocycles. The zero-order valence-electron chi connectivity index (χ0n) is 7.74. The summed E-state index contributed by atoms with van der Waals surface area (Å²) in [6.45, 7) is 0. The summed E-state index contributed by atoms with van der Waals surface area (Å²) < 4.78 is 0. The van der Waals surface area contributed by atoms with Crippen LogP contribution < -0.4 is 0 Å². The van der Waals surface area contributed by atoms with Gasteiger partial charge in [0.05, 0.1) is 0 Å². The Hall–Kier alpha value is -0.850. The van der Waals surface area contributed by atoms with E-state index in [1.165, 1.54) is 31.2 Å². The third-order valence-corrected chi connectivity index (χ3v) is 3.30. The minimum atomic E-state index is 0.740. The molecule has 1 nitrogen and oxygen atoms in total. The molecule has 3 rings (SSSR count). The summed E-state index contributed by atoms with van der Waals surface area (Å²) in [4.78, 5) is 4.23. The van der Waals surface area contributed by atoms with Crippen LogP contribution in [0.1, 0.15) is 48.6 Å². The molecular weight excluding hydrogens is 158 g/mol. The number of hydrogen-bond acceptors (Lipinski definition) is 1. The maximum Gasteiger partial charge on any atom is 0.0305 e. The van der Waals surface area contributed by atoms with E-state index in [4.69, 9.17) is 0 Å². The van der Waals surface area contributed by atoms with Gasteiger partial charge in [-0.2, -0.15) is 0 Å². The molecule has 1 unspecified atom stereocenters. The lowest BCUT2D eigenvalue weighted by atomic mass is 9.78. The highest BCUT2D eigenvalue weighted by atomic mass is 14.6. The third-order valence-electron chi connectivity index (χ3n) is 3.30. The van der Waals surface area contributed by atoms with Gasteiger partial charge in [-0.15, -0.1) is 0 Å². The van der Waals surface area contributed by atoms with Crippen LogP contribution in [-0.4, -0.2) is 4.98 Å². The monoisotopic (exact) mass is 172 g/mol. The molecule has 0 spiro atoms. The first-order valence-electron chi connectivity index (χ1n) is 5.22. The number of aromatic nitrogens is 1. The molecule has 67 valence electrons. The number of nitrogens with zero attached hydrogens (tertiary/aromatic N) is 1. The molecule has 0 bridgehead atoms. The van der Waals surface area contributed by atoms with Crippen molar-refractivity contribution in [3.8, 4) is 0 Å². The molecule has 1 heterocycles. The van der Waals surface area contributed by atoms with E-state index in [-0.39, 0.29) is 0 Å². The van der Waals surface area contributed by atoms with Gasteiger partial charge in [0.1, 0.15) is 0 Å². The lowest BCUT2D eigenvalue weighted by molar-refractivity contribution is 0.417. The molecule has 2 fully saturated rings. The standard InChI is InChI=1S/C12H14N/c1-2-9(3-1)11-6-7-13-8-12(11)10-4-5-10/h4,6-10H,1-3,5H2. The van der Waals surface area contributed by atoms with Crippen molar-refractivity contribution in [1.29, 1.82) is 0 Å². The first-order chi connectivity index (χ1) is 6.45. The average molecular weight is 172 g/mol. The Bertz CT molecular complexity index is 311. The van der Waals surface area contributed by atoms with Crippen LogP contribution in [0.15, 0.2) is 18.5 Å². The first-order valence-corrected chi connectivity index (χ1v) is 5.22. The van der Waals surface area contributed by atoms with Gasteiger partial charge in [0, 0.05) is 12.4 Å². The molecule has 2 aliphatic rings. The summed E-state index contributed by atoms with van der Waals surface area (Å²) in [5.41, 5.74) is 3.09. The zero-order valence-corrected chi connectivity index (χ0v) is 7.74. The molecule has 2 aliphatic carbocycles. The summed E-state index contributed by atoms with van der Waals surface area (Å²) in [7, 11) is 0. The molecule has 0 saturated heterocycles. The fraction of sp³-hybridized carbons (Fsp3) is 0.500. The first kappa shape index (κ1) is 7.54. The predicted molar refractivity (Wildman–Crippen MR) is 52.5 cm³/mol. The summed E-state index contributed by atoms with van der Waals surface area (Å²) in [5.74, 6) is 1.59. The molecule has 2 saturated carbocycles. The van der Waals surface area contributed by atoms with Crippen LogP contribution >= 0.6 is 0 Å². The van der Waals surface area contributed by atoms with Crippen molar-refractivity contribution in [2.45, 2.75) is 37.5 Å². The van der Waals surface area contributed by atoms with Crippen molar-refractivity contribution < 1.29 is 0 Å². The molecule has 1 aromatic rings. The molecule has 0 N–H and O–H groups in total. The van der Waals surface area contributed by atoms with Gasteiger partial charge in [0.15, 0.2) is 0 Å². The smallest absolute Gasteiger partial charge is 0.0305 e. The quantitative estimate of drug-likeness (QED) is 0.668. The van der Waals surface area contributed by atoms with Crippen LogP contribution in [0, 0.1) is 6.42 Å². The fourth-order valence-corrected chi connectivity index (χ4v) is 2.14. The second-order valence-corrected chi connectivity index (χ2v) is 4.21. The van der Waals surface area contributed by atoms with Gasteiger partial charge in [-0.3, -0.25) is 4.98 Å². The minimum Gasteiger partial charge on any atom is -0.264 e. The Labute approximate surface area is 79.2 Å². The van der Waals surface area contributed by atoms with Gasteiger partial charge >= 0.3 is 0 Å². The molecular formula is C12H14N. The van der Waals surface area contributed by atoms with Gasteiger partial charge in [-0.1, -0.05) is 6.42 Å². The maximum atomic E-state index is 4.23. The second-order valence-electron chi connectivity index (χ2n) is 4.21. The van der Waals surface area contributed by atoms with Gasteiger partial charge in [0.2, 0.25) is 0 Å². The average Bonchev–Trinajstić information content (AvgIpc) is 2.85. The van der Waals surface area contributed by atoms with Crippen LogP contribution in [0.2, 0.25) is 0 Å². The van der Waals surface area contributed by atoms with Crippen LogP contribution in [0.3, 0.4) is 0 Å². The van der Waals surface area contributed by atoms with E-state index in [0.717, 1.165) is 11.8 Å². The van der Waals surface area contributed by atoms with Crippen LogP contribution in [0.4, 0.5) is 0 Å². The van der Waals surface area contributed by atoms with Crippen LogP contribution in [-0.2, 0) is 0 Å². The van der Waals surface area contributed by atoms with Crippen molar-refractivity contribution in [2.75, 3.05) is 0 Å². The SMILES string of the molecule is [CH]1CC1c1cnccc1C1CCC1. The minimum absolute atomic E-state index is 0.740. The molecule has 0 aliphatic heterocycles. The van der Waals surface area contributed by atoms with E-state index in [2.05, 4.69) is 23.7 Å². The van der Waals surface area contributed by atoms with Crippen molar-refractivity contribution >= 4 is 0 Å². The number of pyridine rings is 1. The summed E-state index contributed by atoms with van der Waals surface area (Å²) in [5, 5.41) is 0. The maximum absolute atomic E-state index is 4.23. The lowest BCUT2D eigenvalue weighted by Crippen LogP contribution is -2.11. The summed E-state index contributed by atoms with van der Waals surface area (Å²) in [6, 6.07) is 2.23. The van der Waals surface area contributed by atoms with E-state index >= 15 is 0 Å². The molecule has 1 radical (unpaired) electrons. The van der Waals surface area contributed by atoms with Gasteiger partial charge in [-0.05, 0) is 54.7 Å². The number of rotatable bonds is 2. The van der Waals surface area contributed by atoms with E-state index in [1.54, 1.807) is 5.56 Å². The normalized spacial score (nSPS) is 22.8. The lowest BCUT2D eigenvalue weighted by Gasteiger charge is -2.27. The van der Waals surface area contributed by atoms with Crippen molar-refractivity contribution in [2.24, 2.45) is 0 Å². The Balaban J connectivity index is 1.96. The molecule has 1 atom stereocenters. The zero-order chi connectivity index (χ0) is 8.67. The molecule has 1 heteroatoms. The Morgan fingerprint density at radius 3 is 2.69 bits per heavy atom. The third kappa shape index (κ3) is 1.27. The van der Waals surface area contributed by atoms with Crippen LogP contribution in [0.25, 0.3) is 0 Å². The Morgan fingerprint density at radius 1 is 1.23 bits per heavy atom. The summed E-state index contributed by atoms with van der Waals surface area (Å²) in [6.07, 6.45) is 11.9. The van der Waals surface area contributed by atoms with Crippen molar-refractivity contribution in [3.05, 3.63) is 36.0 Å². The predicted octanol–water partition coefficient (Wildman–Crippen LogP) is 3.04. The van der Waals surface area contributed by atoms with Gasteiger partial charge < -0.3 is 0 Å². The summed E-state index contributed by atoms with van der Waals surface area (Å²) >= 11 is 0. The van der Waals surface area contributed by atoms with E-state index in [9.17, 15) is 0 Å². The van der Waals surface area contributed by atoms with E-state index < -0.39 is 0 Å². The molecule has 1 aromatic heterocycles. The Kier molecular flexibility index (Phi) is 1.64. The Morgan fingerprint density at radius 2 is 2.08 bits per heavy atom. The highest BCUT2D eigenvalue weighted by Gasteiger charge is 2.30. The van der Waals surface area contributed by atoms with E-state index in [0.29, 0.717) is 0 Å². The largest absolute Gasteiger partial charge is 0.264 e. The second kappa shape index (κ2) is 2.83. The van der Waals surface area contributed by atoms with Crippen LogP contribution in [0.5, 0.6) is 0 Å². The highest BCUT2D eigenvalue weighted by molar-refractivity contribution is 5.37. The van der Waals surface area contributed by atoms with Crippen molar-refractivity contribution in [3.63, 3.8) is 0 Å².